The number of benzene rings is 1. The molecule has 1 aromatic carbocycles. The Kier molecular flexibility index (Phi) is 3.27. The van der Waals surface area contributed by atoms with Crippen LogP contribution in [0.25, 0.3) is 0 Å². The average molecular weight is 253 g/mol. The van der Waals surface area contributed by atoms with Crippen molar-refractivity contribution in [2.75, 3.05) is 11.5 Å². The van der Waals surface area contributed by atoms with Crippen LogP contribution in [0.4, 0.5) is 0 Å². The molecule has 1 heterocycles. The average Bonchev–Trinajstić information content (AvgIpc) is 2.53. The lowest BCUT2D eigenvalue weighted by Crippen LogP contribution is -2.42. The standard InChI is InChI=1S/C13H19NO2S/c1-11-3-5-12(6-4-11)9-14-13(2)7-8-17(15,16)10-13/h3-6,14H,7-10H2,1-2H3/t13-/m1/s1. The Hall–Kier alpha value is -0.870. The second-order valence-corrected chi connectivity index (χ2v) is 7.43. The van der Waals surface area contributed by atoms with Crippen LogP contribution < -0.4 is 5.32 Å². The number of rotatable bonds is 3. The van der Waals surface area contributed by atoms with E-state index >= 15 is 0 Å². The number of aryl methyl sites for hydroxylation is 1. The number of hydrogen-bond acceptors (Lipinski definition) is 3. The molecule has 0 bridgehead atoms. The fraction of sp³-hybridized carbons (Fsp3) is 0.538. The highest BCUT2D eigenvalue weighted by molar-refractivity contribution is 7.91. The molecular formula is C13H19NO2S. The first-order valence-electron chi connectivity index (χ1n) is 5.90. The van der Waals surface area contributed by atoms with Crippen molar-refractivity contribution in [3.05, 3.63) is 35.4 Å². The summed E-state index contributed by atoms with van der Waals surface area (Å²) in [5.41, 5.74) is 2.17. The molecule has 17 heavy (non-hydrogen) atoms. The third-order valence-corrected chi connectivity index (χ3v) is 5.25. The SMILES string of the molecule is Cc1ccc(CN[C@]2(C)CCS(=O)(=O)C2)cc1. The molecule has 0 spiro atoms. The van der Waals surface area contributed by atoms with E-state index in [4.69, 9.17) is 0 Å². The van der Waals surface area contributed by atoms with Crippen LogP contribution in [-0.4, -0.2) is 25.5 Å². The zero-order valence-electron chi connectivity index (χ0n) is 10.4. The minimum absolute atomic E-state index is 0.256. The summed E-state index contributed by atoms with van der Waals surface area (Å²) in [6.45, 7) is 4.78. The molecule has 1 aliphatic rings. The Morgan fingerprint density at radius 3 is 2.47 bits per heavy atom. The van der Waals surface area contributed by atoms with E-state index in [9.17, 15) is 8.42 Å². The first kappa shape index (κ1) is 12.6. The summed E-state index contributed by atoms with van der Waals surface area (Å²) in [4.78, 5) is 0. The smallest absolute Gasteiger partial charge is 0.152 e. The Balaban J connectivity index is 1.97. The van der Waals surface area contributed by atoms with Gasteiger partial charge in [0, 0.05) is 12.1 Å². The van der Waals surface area contributed by atoms with Gasteiger partial charge < -0.3 is 5.32 Å². The minimum atomic E-state index is -2.83. The monoisotopic (exact) mass is 253 g/mol. The maximum Gasteiger partial charge on any atom is 0.152 e. The van der Waals surface area contributed by atoms with Crippen LogP contribution in [-0.2, 0) is 16.4 Å². The fourth-order valence-corrected chi connectivity index (χ4v) is 4.29. The highest BCUT2D eigenvalue weighted by Gasteiger charge is 2.37. The quantitative estimate of drug-likeness (QED) is 0.891. The molecule has 0 radical (unpaired) electrons. The zero-order chi connectivity index (χ0) is 12.5. The molecule has 94 valence electrons. The minimum Gasteiger partial charge on any atom is -0.306 e. The van der Waals surface area contributed by atoms with Gasteiger partial charge in [0.2, 0.25) is 0 Å². The van der Waals surface area contributed by atoms with Crippen LogP contribution in [0.15, 0.2) is 24.3 Å². The summed E-state index contributed by atoms with van der Waals surface area (Å²) >= 11 is 0. The van der Waals surface area contributed by atoms with Gasteiger partial charge in [0.1, 0.15) is 0 Å². The highest BCUT2D eigenvalue weighted by Crippen LogP contribution is 2.23. The zero-order valence-corrected chi connectivity index (χ0v) is 11.2. The van der Waals surface area contributed by atoms with Crippen molar-refractivity contribution in [2.24, 2.45) is 0 Å². The van der Waals surface area contributed by atoms with Gasteiger partial charge in [-0.05, 0) is 25.8 Å². The Morgan fingerprint density at radius 1 is 1.29 bits per heavy atom. The first-order valence-corrected chi connectivity index (χ1v) is 7.72. The van der Waals surface area contributed by atoms with Gasteiger partial charge in [0.25, 0.3) is 0 Å². The van der Waals surface area contributed by atoms with Crippen molar-refractivity contribution >= 4 is 9.84 Å². The highest BCUT2D eigenvalue weighted by atomic mass is 32.2. The fourth-order valence-electron chi connectivity index (χ4n) is 2.17. The van der Waals surface area contributed by atoms with Gasteiger partial charge in [-0.15, -0.1) is 0 Å². The van der Waals surface area contributed by atoms with Crippen LogP contribution >= 0.6 is 0 Å². The molecule has 3 nitrogen and oxygen atoms in total. The van der Waals surface area contributed by atoms with Gasteiger partial charge >= 0.3 is 0 Å². The van der Waals surface area contributed by atoms with Crippen LogP contribution in [0.3, 0.4) is 0 Å². The van der Waals surface area contributed by atoms with Crippen LogP contribution in [0.2, 0.25) is 0 Å². The van der Waals surface area contributed by atoms with E-state index < -0.39 is 9.84 Å². The van der Waals surface area contributed by atoms with Gasteiger partial charge in [0.15, 0.2) is 9.84 Å². The van der Waals surface area contributed by atoms with Crippen molar-refractivity contribution in [2.45, 2.75) is 32.4 Å². The predicted octanol–water partition coefficient (Wildman–Crippen LogP) is 1.66. The Bertz CT molecular complexity index is 493. The number of nitrogens with one attached hydrogen (secondary N) is 1. The van der Waals surface area contributed by atoms with Crippen molar-refractivity contribution in [1.82, 2.24) is 5.32 Å². The van der Waals surface area contributed by atoms with Gasteiger partial charge in [-0.25, -0.2) is 8.42 Å². The Morgan fingerprint density at radius 2 is 1.94 bits per heavy atom. The van der Waals surface area contributed by atoms with Crippen LogP contribution in [0.1, 0.15) is 24.5 Å². The largest absolute Gasteiger partial charge is 0.306 e. The second kappa shape index (κ2) is 4.42. The van der Waals surface area contributed by atoms with Gasteiger partial charge in [-0.3, -0.25) is 0 Å². The van der Waals surface area contributed by atoms with Gasteiger partial charge in [-0.2, -0.15) is 0 Å². The molecule has 1 fully saturated rings. The molecule has 0 aromatic heterocycles. The van der Waals surface area contributed by atoms with Crippen LogP contribution in [0, 0.1) is 6.92 Å². The molecule has 1 saturated heterocycles. The number of sulfone groups is 1. The lowest BCUT2D eigenvalue weighted by atomic mass is 10.0. The summed E-state index contributed by atoms with van der Waals surface area (Å²) in [5.74, 6) is 0.566. The van der Waals surface area contributed by atoms with Crippen molar-refractivity contribution in [3.63, 3.8) is 0 Å². The van der Waals surface area contributed by atoms with Gasteiger partial charge in [0.05, 0.1) is 11.5 Å². The molecular weight excluding hydrogens is 234 g/mol. The van der Waals surface area contributed by atoms with E-state index in [-0.39, 0.29) is 11.3 Å². The summed E-state index contributed by atoms with van der Waals surface area (Å²) < 4.78 is 22.9. The summed E-state index contributed by atoms with van der Waals surface area (Å²) in [6, 6.07) is 8.31. The summed E-state index contributed by atoms with van der Waals surface area (Å²) in [5, 5.41) is 3.37. The number of hydrogen-bond donors (Lipinski definition) is 1. The molecule has 0 saturated carbocycles. The molecule has 4 heteroatoms. The topological polar surface area (TPSA) is 46.2 Å². The normalized spacial score (nSPS) is 27.2. The molecule has 1 atom stereocenters. The van der Waals surface area contributed by atoms with E-state index in [1.807, 2.05) is 6.92 Å². The lowest BCUT2D eigenvalue weighted by Gasteiger charge is -2.24. The first-order chi connectivity index (χ1) is 7.89. The third-order valence-electron chi connectivity index (χ3n) is 3.34. The molecule has 1 N–H and O–H groups in total. The van der Waals surface area contributed by atoms with E-state index in [1.54, 1.807) is 0 Å². The molecule has 1 aliphatic heterocycles. The van der Waals surface area contributed by atoms with E-state index in [0.717, 1.165) is 6.54 Å². The third kappa shape index (κ3) is 3.30. The van der Waals surface area contributed by atoms with E-state index in [2.05, 4.69) is 36.5 Å². The maximum absolute atomic E-state index is 11.5. The van der Waals surface area contributed by atoms with Crippen LogP contribution in [0.5, 0.6) is 0 Å². The van der Waals surface area contributed by atoms with E-state index in [0.29, 0.717) is 12.2 Å². The second-order valence-electron chi connectivity index (χ2n) is 5.24. The van der Waals surface area contributed by atoms with Crippen molar-refractivity contribution < 1.29 is 8.42 Å². The van der Waals surface area contributed by atoms with Crippen molar-refractivity contribution in [3.8, 4) is 0 Å². The Labute approximate surface area is 103 Å². The van der Waals surface area contributed by atoms with Crippen molar-refractivity contribution in [1.29, 1.82) is 0 Å². The van der Waals surface area contributed by atoms with Gasteiger partial charge in [-0.1, -0.05) is 29.8 Å². The molecule has 2 rings (SSSR count). The summed E-state index contributed by atoms with van der Waals surface area (Å²) in [6.07, 6.45) is 0.710. The molecule has 0 aliphatic carbocycles. The molecule has 0 unspecified atom stereocenters. The maximum atomic E-state index is 11.5. The lowest BCUT2D eigenvalue weighted by molar-refractivity contribution is 0.395. The predicted molar refractivity (Wildman–Crippen MR) is 69.7 cm³/mol. The molecule has 0 amide bonds. The summed E-state index contributed by atoms with van der Waals surface area (Å²) in [7, 11) is -2.83. The molecule has 1 aromatic rings. The van der Waals surface area contributed by atoms with E-state index in [1.165, 1.54) is 11.1 Å².